The van der Waals surface area contributed by atoms with Crippen LogP contribution in [0.5, 0.6) is 0 Å². The molecule has 0 bridgehead atoms. The average Bonchev–Trinajstić information content (AvgIpc) is 2.70. The first-order chi connectivity index (χ1) is 9.26. The molecule has 0 aliphatic carbocycles. The Morgan fingerprint density at radius 3 is 2.55 bits per heavy atom. The number of amides is 1. The number of ether oxygens (including phenoxy) is 2. The second-order valence-corrected chi connectivity index (χ2v) is 7.01. The topological polar surface area (TPSA) is 38.8 Å². The zero-order valence-electron chi connectivity index (χ0n) is 13.8. The number of likely N-dealkylation sites (tertiary alicyclic amines) is 1. The van der Waals surface area contributed by atoms with Crippen molar-refractivity contribution in [3.8, 4) is 0 Å². The Balaban J connectivity index is 2.31. The van der Waals surface area contributed by atoms with Crippen molar-refractivity contribution in [2.24, 2.45) is 0 Å². The van der Waals surface area contributed by atoms with E-state index in [0.717, 1.165) is 26.0 Å². The van der Waals surface area contributed by atoms with E-state index in [1.165, 1.54) is 19.3 Å². The molecular formula is C16H31NO3. The summed E-state index contributed by atoms with van der Waals surface area (Å²) in [5.74, 6) is 0. The maximum Gasteiger partial charge on any atom is 0.410 e. The highest BCUT2D eigenvalue weighted by molar-refractivity contribution is 5.68. The summed E-state index contributed by atoms with van der Waals surface area (Å²) >= 11 is 0. The third-order valence-corrected chi connectivity index (χ3v) is 3.54. The maximum atomic E-state index is 12.0. The van der Waals surface area contributed by atoms with Crippen LogP contribution in [0.3, 0.4) is 0 Å². The van der Waals surface area contributed by atoms with Gasteiger partial charge in [-0.25, -0.2) is 4.79 Å². The summed E-state index contributed by atoms with van der Waals surface area (Å²) in [7, 11) is 0. The molecule has 1 rings (SSSR count). The quantitative estimate of drug-likeness (QED) is 0.693. The van der Waals surface area contributed by atoms with Gasteiger partial charge >= 0.3 is 6.09 Å². The van der Waals surface area contributed by atoms with Crippen LogP contribution in [0.15, 0.2) is 0 Å². The zero-order valence-corrected chi connectivity index (χ0v) is 13.8. The van der Waals surface area contributed by atoms with E-state index in [4.69, 9.17) is 9.47 Å². The Kier molecular flexibility index (Phi) is 6.31. The van der Waals surface area contributed by atoms with Gasteiger partial charge in [-0.15, -0.1) is 0 Å². The largest absolute Gasteiger partial charge is 0.444 e. The van der Waals surface area contributed by atoms with E-state index < -0.39 is 5.60 Å². The fraction of sp³-hybridized carbons (Fsp3) is 0.938. The lowest BCUT2D eigenvalue weighted by Gasteiger charge is -2.27. The van der Waals surface area contributed by atoms with E-state index in [1.807, 2.05) is 20.8 Å². The monoisotopic (exact) mass is 285 g/mol. The first kappa shape index (κ1) is 17.3. The van der Waals surface area contributed by atoms with Crippen LogP contribution >= 0.6 is 0 Å². The first-order valence-electron chi connectivity index (χ1n) is 7.88. The number of unbranched alkanes of at least 4 members (excludes halogenated alkanes) is 3. The minimum atomic E-state index is -0.433. The minimum Gasteiger partial charge on any atom is -0.444 e. The number of hydrogen-bond donors (Lipinski definition) is 0. The summed E-state index contributed by atoms with van der Waals surface area (Å²) in [6.07, 6.45) is 5.50. The molecule has 0 radical (unpaired) electrons. The molecule has 1 heterocycles. The van der Waals surface area contributed by atoms with Crippen LogP contribution < -0.4 is 0 Å². The van der Waals surface area contributed by atoms with Crippen LogP contribution in [-0.4, -0.2) is 41.9 Å². The third-order valence-electron chi connectivity index (χ3n) is 3.54. The van der Waals surface area contributed by atoms with Crippen molar-refractivity contribution in [2.75, 3.05) is 19.7 Å². The van der Waals surface area contributed by atoms with Crippen LogP contribution in [0.2, 0.25) is 0 Å². The van der Waals surface area contributed by atoms with Crippen molar-refractivity contribution >= 4 is 6.09 Å². The Labute approximate surface area is 123 Å². The van der Waals surface area contributed by atoms with Gasteiger partial charge in [0.2, 0.25) is 0 Å². The molecule has 0 saturated carbocycles. The second kappa shape index (κ2) is 7.30. The highest BCUT2D eigenvalue weighted by Gasteiger charge is 2.38. The maximum absolute atomic E-state index is 12.0. The Morgan fingerprint density at radius 1 is 1.25 bits per heavy atom. The molecular weight excluding hydrogens is 254 g/mol. The summed E-state index contributed by atoms with van der Waals surface area (Å²) in [5.41, 5.74) is -0.639. The van der Waals surface area contributed by atoms with E-state index in [2.05, 4.69) is 13.8 Å². The van der Waals surface area contributed by atoms with Gasteiger partial charge in [0.15, 0.2) is 0 Å². The van der Waals surface area contributed by atoms with Gasteiger partial charge in [-0.05, 0) is 40.5 Å². The second-order valence-electron chi connectivity index (χ2n) is 7.01. The SMILES string of the molecule is CCCCCCOC1(C)CCN(C(=O)OC(C)(C)C)C1. The summed E-state index contributed by atoms with van der Waals surface area (Å²) in [6.45, 7) is 12.1. The number of nitrogens with zero attached hydrogens (tertiary/aromatic N) is 1. The van der Waals surface area contributed by atoms with Crippen LogP contribution in [0.4, 0.5) is 4.79 Å². The third kappa shape index (κ3) is 6.12. The van der Waals surface area contributed by atoms with E-state index in [9.17, 15) is 4.79 Å². The predicted octanol–water partition coefficient (Wildman–Crippen LogP) is 3.98. The van der Waals surface area contributed by atoms with Crippen LogP contribution in [-0.2, 0) is 9.47 Å². The van der Waals surface area contributed by atoms with E-state index in [0.29, 0.717) is 6.54 Å². The Bertz CT molecular complexity index is 311. The molecule has 1 saturated heterocycles. The molecule has 4 nitrogen and oxygen atoms in total. The smallest absolute Gasteiger partial charge is 0.410 e. The van der Waals surface area contributed by atoms with E-state index in [-0.39, 0.29) is 11.7 Å². The van der Waals surface area contributed by atoms with Crippen molar-refractivity contribution in [2.45, 2.75) is 77.9 Å². The molecule has 1 atom stereocenters. The normalized spacial score (nSPS) is 23.1. The van der Waals surface area contributed by atoms with Gasteiger partial charge in [0, 0.05) is 13.2 Å². The van der Waals surface area contributed by atoms with Crippen molar-refractivity contribution in [3.05, 3.63) is 0 Å². The predicted molar refractivity (Wildman–Crippen MR) is 80.9 cm³/mol. The molecule has 1 aliphatic rings. The van der Waals surface area contributed by atoms with Crippen molar-refractivity contribution in [3.63, 3.8) is 0 Å². The van der Waals surface area contributed by atoms with Crippen LogP contribution in [0.25, 0.3) is 0 Å². The number of rotatable bonds is 6. The molecule has 0 aromatic rings. The first-order valence-corrected chi connectivity index (χ1v) is 7.88. The van der Waals surface area contributed by atoms with Gasteiger partial charge in [-0.2, -0.15) is 0 Å². The summed E-state index contributed by atoms with van der Waals surface area (Å²) in [5, 5.41) is 0. The van der Waals surface area contributed by atoms with Crippen LogP contribution in [0, 0.1) is 0 Å². The number of hydrogen-bond acceptors (Lipinski definition) is 3. The highest BCUT2D eigenvalue weighted by atomic mass is 16.6. The van der Waals surface area contributed by atoms with Gasteiger partial charge in [-0.1, -0.05) is 26.2 Å². The lowest BCUT2D eigenvalue weighted by Crippen LogP contribution is -2.39. The number of carbonyl (C=O) groups is 1. The fourth-order valence-electron chi connectivity index (χ4n) is 2.38. The zero-order chi connectivity index (χ0) is 15.2. The van der Waals surface area contributed by atoms with Gasteiger partial charge in [0.05, 0.1) is 12.1 Å². The van der Waals surface area contributed by atoms with Crippen molar-refractivity contribution < 1.29 is 14.3 Å². The van der Waals surface area contributed by atoms with Gasteiger partial charge in [0.1, 0.15) is 5.60 Å². The molecule has 118 valence electrons. The van der Waals surface area contributed by atoms with Crippen molar-refractivity contribution in [1.82, 2.24) is 4.90 Å². The van der Waals surface area contributed by atoms with E-state index in [1.54, 1.807) is 4.90 Å². The molecule has 1 amide bonds. The molecule has 1 fully saturated rings. The van der Waals surface area contributed by atoms with E-state index >= 15 is 0 Å². The molecule has 1 unspecified atom stereocenters. The molecule has 0 aromatic carbocycles. The molecule has 1 aliphatic heterocycles. The van der Waals surface area contributed by atoms with Gasteiger partial charge < -0.3 is 14.4 Å². The van der Waals surface area contributed by atoms with Crippen molar-refractivity contribution in [1.29, 1.82) is 0 Å². The number of carbonyl (C=O) groups excluding carboxylic acids is 1. The minimum absolute atomic E-state index is 0.205. The summed E-state index contributed by atoms with van der Waals surface area (Å²) in [6, 6.07) is 0. The molecule has 0 N–H and O–H groups in total. The fourth-order valence-corrected chi connectivity index (χ4v) is 2.38. The molecule has 0 spiro atoms. The Hall–Kier alpha value is -0.770. The molecule has 0 aromatic heterocycles. The Morgan fingerprint density at radius 2 is 1.95 bits per heavy atom. The van der Waals surface area contributed by atoms with Gasteiger partial charge in [-0.3, -0.25) is 0 Å². The van der Waals surface area contributed by atoms with Gasteiger partial charge in [0.25, 0.3) is 0 Å². The molecule has 20 heavy (non-hydrogen) atoms. The molecule has 4 heteroatoms. The average molecular weight is 285 g/mol. The van der Waals surface area contributed by atoms with Crippen LogP contribution in [0.1, 0.15) is 66.7 Å². The highest BCUT2D eigenvalue weighted by Crippen LogP contribution is 2.26. The lowest BCUT2D eigenvalue weighted by molar-refractivity contribution is -0.0286. The lowest BCUT2D eigenvalue weighted by atomic mass is 10.1. The summed E-state index contributed by atoms with van der Waals surface area (Å²) < 4.78 is 11.4. The summed E-state index contributed by atoms with van der Waals surface area (Å²) in [4.78, 5) is 13.8. The standard InChI is InChI=1S/C16H31NO3/c1-6-7-8-9-12-19-16(5)10-11-17(13-16)14(18)20-15(2,3)4/h6-13H2,1-5H3.